The maximum absolute atomic E-state index is 6.36. The monoisotopic (exact) mass is 246 g/mol. The Morgan fingerprint density at radius 1 is 1.24 bits per heavy atom. The molecule has 1 heterocycles. The topological polar surface area (TPSA) is 38.9 Å². The molecule has 90 valence electrons. The van der Waals surface area contributed by atoms with Crippen molar-refractivity contribution in [3.05, 3.63) is 52.0 Å². The standard InChI is InChI=1S/C14H18N2S/c1-11-10-17-13(16-11)9-14(2,15)8-12-6-4-3-5-7-12/h3-7,10H,8-9,15H2,1-2H3. The molecule has 0 saturated carbocycles. The molecule has 2 nitrogen and oxygen atoms in total. The summed E-state index contributed by atoms with van der Waals surface area (Å²) in [5.41, 5.74) is 8.49. The quantitative estimate of drug-likeness (QED) is 0.901. The molecule has 1 atom stereocenters. The second kappa shape index (κ2) is 4.98. The number of aromatic nitrogens is 1. The third kappa shape index (κ3) is 3.65. The Labute approximate surface area is 107 Å². The number of benzene rings is 1. The van der Waals surface area contributed by atoms with Gasteiger partial charge in [0.05, 0.1) is 5.01 Å². The molecule has 0 bridgehead atoms. The summed E-state index contributed by atoms with van der Waals surface area (Å²) in [6, 6.07) is 10.4. The number of hydrogen-bond acceptors (Lipinski definition) is 3. The second-order valence-electron chi connectivity index (χ2n) is 4.88. The van der Waals surface area contributed by atoms with Crippen LogP contribution in [-0.4, -0.2) is 10.5 Å². The van der Waals surface area contributed by atoms with Crippen LogP contribution in [0.25, 0.3) is 0 Å². The van der Waals surface area contributed by atoms with Crippen LogP contribution in [0.2, 0.25) is 0 Å². The second-order valence-corrected chi connectivity index (χ2v) is 5.82. The van der Waals surface area contributed by atoms with E-state index in [2.05, 4.69) is 41.6 Å². The Hall–Kier alpha value is -1.19. The highest BCUT2D eigenvalue weighted by molar-refractivity contribution is 7.09. The van der Waals surface area contributed by atoms with Crippen LogP contribution in [0.1, 0.15) is 23.2 Å². The van der Waals surface area contributed by atoms with Gasteiger partial charge in [-0.05, 0) is 25.8 Å². The van der Waals surface area contributed by atoms with E-state index >= 15 is 0 Å². The van der Waals surface area contributed by atoms with Crippen molar-refractivity contribution in [1.82, 2.24) is 4.98 Å². The van der Waals surface area contributed by atoms with Crippen LogP contribution in [-0.2, 0) is 12.8 Å². The fourth-order valence-electron chi connectivity index (χ4n) is 1.95. The minimum Gasteiger partial charge on any atom is -0.325 e. The summed E-state index contributed by atoms with van der Waals surface area (Å²) in [5, 5.41) is 3.21. The Bertz CT molecular complexity index is 474. The predicted molar refractivity (Wildman–Crippen MR) is 73.3 cm³/mol. The van der Waals surface area contributed by atoms with E-state index in [0.717, 1.165) is 23.5 Å². The molecule has 17 heavy (non-hydrogen) atoms. The molecule has 0 radical (unpaired) electrons. The van der Waals surface area contributed by atoms with Gasteiger partial charge in [-0.25, -0.2) is 4.98 Å². The molecule has 0 aliphatic heterocycles. The summed E-state index contributed by atoms with van der Waals surface area (Å²) < 4.78 is 0. The van der Waals surface area contributed by atoms with E-state index in [1.54, 1.807) is 11.3 Å². The van der Waals surface area contributed by atoms with Gasteiger partial charge in [-0.3, -0.25) is 0 Å². The van der Waals surface area contributed by atoms with Crippen LogP contribution < -0.4 is 5.73 Å². The van der Waals surface area contributed by atoms with Gasteiger partial charge in [-0.1, -0.05) is 30.3 Å². The lowest BCUT2D eigenvalue weighted by molar-refractivity contribution is 0.462. The van der Waals surface area contributed by atoms with Gasteiger partial charge in [-0.2, -0.15) is 0 Å². The molecule has 1 aromatic carbocycles. The fourth-order valence-corrected chi connectivity index (χ4v) is 2.92. The predicted octanol–water partition coefficient (Wildman–Crippen LogP) is 2.95. The zero-order valence-electron chi connectivity index (χ0n) is 10.3. The van der Waals surface area contributed by atoms with Crippen molar-refractivity contribution >= 4 is 11.3 Å². The Morgan fingerprint density at radius 3 is 2.53 bits per heavy atom. The van der Waals surface area contributed by atoms with E-state index in [4.69, 9.17) is 5.73 Å². The molecule has 2 aromatic rings. The molecule has 3 heteroatoms. The van der Waals surface area contributed by atoms with Crippen molar-refractivity contribution < 1.29 is 0 Å². The summed E-state index contributed by atoms with van der Waals surface area (Å²) in [5.74, 6) is 0. The first kappa shape index (κ1) is 12.3. The molecule has 0 fully saturated rings. The molecule has 2 N–H and O–H groups in total. The van der Waals surface area contributed by atoms with Crippen LogP contribution in [0, 0.1) is 6.92 Å². The van der Waals surface area contributed by atoms with Crippen molar-refractivity contribution in [2.75, 3.05) is 0 Å². The molecule has 0 saturated heterocycles. The van der Waals surface area contributed by atoms with Crippen molar-refractivity contribution in [2.45, 2.75) is 32.2 Å². The van der Waals surface area contributed by atoms with Gasteiger partial charge in [0.2, 0.25) is 0 Å². The Balaban J connectivity index is 2.04. The van der Waals surface area contributed by atoms with E-state index in [0.29, 0.717) is 0 Å². The molecule has 0 aliphatic rings. The molecule has 0 amide bonds. The number of nitrogens with zero attached hydrogens (tertiary/aromatic N) is 1. The van der Waals surface area contributed by atoms with E-state index in [1.165, 1.54) is 5.56 Å². The molecule has 1 aromatic heterocycles. The van der Waals surface area contributed by atoms with Crippen molar-refractivity contribution in [1.29, 1.82) is 0 Å². The zero-order valence-corrected chi connectivity index (χ0v) is 11.1. The fraction of sp³-hybridized carbons (Fsp3) is 0.357. The van der Waals surface area contributed by atoms with Gasteiger partial charge >= 0.3 is 0 Å². The van der Waals surface area contributed by atoms with Gasteiger partial charge in [0.15, 0.2) is 0 Å². The molecular weight excluding hydrogens is 228 g/mol. The first-order valence-corrected chi connectivity index (χ1v) is 6.67. The minimum atomic E-state index is -0.231. The lowest BCUT2D eigenvalue weighted by Gasteiger charge is -2.23. The summed E-state index contributed by atoms with van der Waals surface area (Å²) in [6.45, 7) is 4.11. The van der Waals surface area contributed by atoms with E-state index in [1.807, 2.05) is 13.0 Å². The summed E-state index contributed by atoms with van der Waals surface area (Å²) in [7, 11) is 0. The van der Waals surface area contributed by atoms with Crippen LogP contribution in [0.3, 0.4) is 0 Å². The first-order valence-electron chi connectivity index (χ1n) is 5.79. The molecule has 0 spiro atoms. The average Bonchev–Trinajstić information content (AvgIpc) is 2.63. The maximum atomic E-state index is 6.36. The van der Waals surface area contributed by atoms with Crippen LogP contribution in [0.5, 0.6) is 0 Å². The van der Waals surface area contributed by atoms with Crippen molar-refractivity contribution in [2.24, 2.45) is 5.73 Å². The SMILES string of the molecule is Cc1csc(CC(C)(N)Cc2ccccc2)n1. The summed E-state index contributed by atoms with van der Waals surface area (Å²) in [6.07, 6.45) is 1.72. The van der Waals surface area contributed by atoms with E-state index < -0.39 is 0 Å². The third-order valence-corrected chi connectivity index (χ3v) is 3.64. The van der Waals surface area contributed by atoms with Gasteiger partial charge in [0, 0.05) is 23.0 Å². The number of aryl methyl sites for hydroxylation is 1. The van der Waals surface area contributed by atoms with Crippen molar-refractivity contribution in [3.63, 3.8) is 0 Å². The van der Waals surface area contributed by atoms with Gasteiger partial charge in [-0.15, -0.1) is 11.3 Å². The summed E-state index contributed by atoms with van der Waals surface area (Å²) >= 11 is 1.70. The number of rotatable bonds is 4. The lowest BCUT2D eigenvalue weighted by Crippen LogP contribution is -2.40. The highest BCUT2D eigenvalue weighted by atomic mass is 32.1. The minimum absolute atomic E-state index is 0.231. The smallest absolute Gasteiger partial charge is 0.0946 e. The Kier molecular flexibility index (Phi) is 3.60. The van der Waals surface area contributed by atoms with Gasteiger partial charge < -0.3 is 5.73 Å². The van der Waals surface area contributed by atoms with E-state index in [-0.39, 0.29) is 5.54 Å². The lowest BCUT2D eigenvalue weighted by atomic mass is 9.91. The largest absolute Gasteiger partial charge is 0.325 e. The van der Waals surface area contributed by atoms with Crippen molar-refractivity contribution in [3.8, 4) is 0 Å². The normalized spacial score (nSPS) is 14.5. The highest BCUT2D eigenvalue weighted by Gasteiger charge is 2.21. The molecule has 1 unspecified atom stereocenters. The van der Waals surface area contributed by atoms with Crippen LogP contribution >= 0.6 is 11.3 Å². The van der Waals surface area contributed by atoms with Crippen LogP contribution in [0.4, 0.5) is 0 Å². The number of nitrogens with two attached hydrogens (primary N) is 1. The molecule has 0 aliphatic carbocycles. The third-order valence-electron chi connectivity index (χ3n) is 2.67. The van der Waals surface area contributed by atoms with Gasteiger partial charge in [0.1, 0.15) is 0 Å². The zero-order chi connectivity index (χ0) is 12.3. The highest BCUT2D eigenvalue weighted by Crippen LogP contribution is 2.19. The number of thiazole rings is 1. The van der Waals surface area contributed by atoms with Crippen LogP contribution in [0.15, 0.2) is 35.7 Å². The first-order chi connectivity index (χ1) is 8.05. The number of hydrogen-bond donors (Lipinski definition) is 1. The van der Waals surface area contributed by atoms with Gasteiger partial charge in [0.25, 0.3) is 0 Å². The maximum Gasteiger partial charge on any atom is 0.0946 e. The molecular formula is C14H18N2S. The molecule has 2 rings (SSSR count). The Morgan fingerprint density at radius 2 is 1.94 bits per heavy atom. The van der Waals surface area contributed by atoms with E-state index in [9.17, 15) is 0 Å². The summed E-state index contributed by atoms with van der Waals surface area (Å²) in [4.78, 5) is 4.48. The average molecular weight is 246 g/mol.